The molecule has 3 heteroatoms. The van der Waals surface area contributed by atoms with Crippen molar-refractivity contribution in [3.05, 3.63) is 18.0 Å². The summed E-state index contributed by atoms with van der Waals surface area (Å²) in [5.74, 6) is 0.772. The minimum Gasteiger partial charge on any atom is -0.310 e. The highest BCUT2D eigenvalue weighted by atomic mass is 15.3. The van der Waals surface area contributed by atoms with E-state index in [2.05, 4.69) is 58.2 Å². The van der Waals surface area contributed by atoms with Crippen LogP contribution in [-0.4, -0.2) is 16.3 Å². The first-order valence-corrected chi connectivity index (χ1v) is 7.06. The molecule has 0 amide bonds. The van der Waals surface area contributed by atoms with Gasteiger partial charge in [-0.2, -0.15) is 5.10 Å². The lowest BCUT2D eigenvalue weighted by Gasteiger charge is -2.12. The van der Waals surface area contributed by atoms with E-state index in [-0.39, 0.29) is 0 Å². The Bertz CT molecular complexity index is 403. The van der Waals surface area contributed by atoms with Gasteiger partial charge in [-0.15, -0.1) is 0 Å². The van der Waals surface area contributed by atoms with E-state index in [0.29, 0.717) is 16.9 Å². The molecular formula is C15H27N3. The summed E-state index contributed by atoms with van der Waals surface area (Å²) in [6.07, 6.45) is 4.12. The van der Waals surface area contributed by atoms with Crippen molar-refractivity contribution in [1.82, 2.24) is 15.1 Å². The molecule has 102 valence electrons. The molecule has 1 aromatic rings. The summed E-state index contributed by atoms with van der Waals surface area (Å²) in [5.41, 5.74) is 2.22. The molecule has 1 aliphatic carbocycles. The quantitative estimate of drug-likeness (QED) is 0.868. The minimum absolute atomic E-state index is 0.387. The standard InChI is InChI=1S/C15H27N3/c1-7-18-10-12(8-17-18)11(2)16-9-13-14(3,4)15(13,5)6/h8,10-11,13,16H,7,9H2,1-6H3. The van der Waals surface area contributed by atoms with Gasteiger partial charge in [0.15, 0.2) is 0 Å². The van der Waals surface area contributed by atoms with E-state index >= 15 is 0 Å². The molecule has 0 radical (unpaired) electrons. The maximum Gasteiger partial charge on any atom is 0.0537 e. The Kier molecular flexibility index (Phi) is 3.30. The van der Waals surface area contributed by atoms with Gasteiger partial charge in [0.2, 0.25) is 0 Å². The molecule has 0 aliphatic heterocycles. The summed E-state index contributed by atoms with van der Waals surface area (Å²) in [5, 5.41) is 7.99. The van der Waals surface area contributed by atoms with Crippen molar-refractivity contribution >= 4 is 0 Å². The largest absolute Gasteiger partial charge is 0.310 e. The van der Waals surface area contributed by atoms with E-state index in [1.165, 1.54) is 5.56 Å². The van der Waals surface area contributed by atoms with Gasteiger partial charge in [0, 0.05) is 24.3 Å². The van der Waals surface area contributed by atoms with Crippen LogP contribution in [0.25, 0.3) is 0 Å². The Labute approximate surface area is 111 Å². The zero-order valence-corrected chi connectivity index (χ0v) is 12.6. The first-order valence-electron chi connectivity index (χ1n) is 7.06. The second kappa shape index (κ2) is 4.37. The van der Waals surface area contributed by atoms with Gasteiger partial charge in [-0.25, -0.2) is 0 Å². The second-order valence-corrected chi connectivity index (χ2v) is 6.76. The van der Waals surface area contributed by atoms with Crippen LogP contribution in [0.5, 0.6) is 0 Å². The summed E-state index contributed by atoms with van der Waals surface area (Å²) in [6.45, 7) is 15.9. The lowest BCUT2D eigenvalue weighted by molar-refractivity contribution is 0.457. The molecule has 0 spiro atoms. The van der Waals surface area contributed by atoms with Crippen LogP contribution in [0, 0.1) is 16.7 Å². The lowest BCUT2D eigenvalue weighted by atomic mass is 10.0. The van der Waals surface area contributed by atoms with Crippen LogP contribution in [-0.2, 0) is 6.54 Å². The molecule has 18 heavy (non-hydrogen) atoms. The third-order valence-electron chi connectivity index (χ3n) is 5.43. The van der Waals surface area contributed by atoms with Crippen LogP contribution in [0.4, 0.5) is 0 Å². The molecule has 1 N–H and O–H groups in total. The van der Waals surface area contributed by atoms with Gasteiger partial charge < -0.3 is 5.32 Å². The Morgan fingerprint density at radius 3 is 2.39 bits per heavy atom. The van der Waals surface area contributed by atoms with Crippen molar-refractivity contribution in [2.24, 2.45) is 16.7 Å². The summed E-state index contributed by atoms with van der Waals surface area (Å²) >= 11 is 0. The highest BCUT2D eigenvalue weighted by Crippen LogP contribution is 2.68. The van der Waals surface area contributed by atoms with E-state index in [1.807, 2.05) is 10.9 Å². The van der Waals surface area contributed by atoms with Crippen LogP contribution in [0.2, 0.25) is 0 Å². The molecule has 1 heterocycles. The topological polar surface area (TPSA) is 29.9 Å². The maximum absolute atomic E-state index is 4.33. The average Bonchev–Trinajstić information content (AvgIpc) is 2.71. The van der Waals surface area contributed by atoms with Gasteiger partial charge in [-0.3, -0.25) is 4.68 Å². The molecule has 1 fully saturated rings. The molecule has 1 aromatic heterocycles. The highest BCUT2D eigenvalue weighted by Gasteiger charge is 2.63. The van der Waals surface area contributed by atoms with Gasteiger partial charge in [-0.05, 0) is 37.1 Å². The predicted octanol–water partition coefficient (Wildman–Crippen LogP) is 3.24. The van der Waals surface area contributed by atoms with Gasteiger partial charge in [0.05, 0.1) is 6.20 Å². The van der Waals surface area contributed by atoms with Crippen LogP contribution in [0.15, 0.2) is 12.4 Å². The summed E-state index contributed by atoms with van der Waals surface area (Å²) in [4.78, 5) is 0. The lowest BCUT2D eigenvalue weighted by Crippen LogP contribution is -2.22. The first kappa shape index (κ1) is 13.6. The van der Waals surface area contributed by atoms with Crippen molar-refractivity contribution in [1.29, 1.82) is 0 Å². The third-order valence-corrected chi connectivity index (χ3v) is 5.43. The Morgan fingerprint density at radius 1 is 1.33 bits per heavy atom. The molecule has 1 atom stereocenters. The highest BCUT2D eigenvalue weighted by molar-refractivity contribution is 5.14. The van der Waals surface area contributed by atoms with Crippen LogP contribution < -0.4 is 5.32 Å². The molecule has 1 saturated carbocycles. The smallest absolute Gasteiger partial charge is 0.0537 e. The molecular weight excluding hydrogens is 222 g/mol. The van der Waals surface area contributed by atoms with Crippen molar-refractivity contribution in [2.45, 2.75) is 54.1 Å². The van der Waals surface area contributed by atoms with Crippen molar-refractivity contribution in [3.63, 3.8) is 0 Å². The van der Waals surface area contributed by atoms with E-state index in [0.717, 1.165) is 19.0 Å². The zero-order chi connectivity index (χ0) is 13.6. The molecule has 0 saturated heterocycles. The number of aryl methyl sites for hydroxylation is 1. The number of nitrogens with one attached hydrogen (secondary N) is 1. The molecule has 1 unspecified atom stereocenters. The first-order chi connectivity index (χ1) is 8.30. The average molecular weight is 249 g/mol. The fraction of sp³-hybridized carbons (Fsp3) is 0.800. The fourth-order valence-electron chi connectivity index (χ4n) is 3.03. The second-order valence-electron chi connectivity index (χ2n) is 6.76. The van der Waals surface area contributed by atoms with E-state index in [4.69, 9.17) is 0 Å². The Balaban J connectivity index is 1.88. The number of aromatic nitrogens is 2. The van der Waals surface area contributed by atoms with E-state index in [1.54, 1.807) is 0 Å². The number of rotatable bonds is 5. The Morgan fingerprint density at radius 2 is 1.94 bits per heavy atom. The van der Waals surface area contributed by atoms with Crippen LogP contribution in [0.3, 0.4) is 0 Å². The number of hydrogen-bond acceptors (Lipinski definition) is 2. The van der Waals surface area contributed by atoms with Gasteiger partial charge in [-0.1, -0.05) is 27.7 Å². The maximum atomic E-state index is 4.33. The minimum atomic E-state index is 0.387. The summed E-state index contributed by atoms with van der Waals surface area (Å²) in [6, 6.07) is 0.387. The molecule has 0 aromatic carbocycles. The normalized spacial score (nSPS) is 23.0. The predicted molar refractivity (Wildman–Crippen MR) is 75.4 cm³/mol. The van der Waals surface area contributed by atoms with Gasteiger partial charge >= 0.3 is 0 Å². The number of hydrogen-bond donors (Lipinski definition) is 1. The molecule has 3 nitrogen and oxygen atoms in total. The number of nitrogens with zero attached hydrogens (tertiary/aromatic N) is 2. The third kappa shape index (κ3) is 2.09. The summed E-state index contributed by atoms with van der Waals surface area (Å²) in [7, 11) is 0. The fourth-order valence-corrected chi connectivity index (χ4v) is 3.03. The monoisotopic (exact) mass is 249 g/mol. The van der Waals surface area contributed by atoms with Crippen LogP contribution >= 0.6 is 0 Å². The van der Waals surface area contributed by atoms with Crippen molar-refractivity contribution < 1.29 is 0 Å². The Hall–Kier alpha value is -0.830. The van der Waals surface area contributed by atoms with Crippen molar-refractivity contribution in [2.75, 3.05) is 6.54 Å². The molecule has 1 aliphatic rings. The zero-order valence-electron chi connectivity index (χ0n) is 12.6. The van der Waals surface area contributed by atoms with Crippen molar-refractivity contribution in [3.8, 4) is 0 Å². The SMILES string of the molecule is CCn1cc(C(C)NCC2C(C)(C)C2(C)C)cn1. The molecule has 0 bridgehead atoms. The van der Waals surface area contributed by atoms with Crippen LogP contribution in [0.1, 0.15) is 53.1 Å². The summed E-state index contributed by atoms with van der Waals surface area (Å²) < 4.78 is 1.98. The van der Waals surface area contributed by atoms with E-state index in [9.17, 15) is 0 Å². The van der Waals surface area contributed by atoms with Gasteiger partial charge in [0.1, 0.15) is 0 Å². The van der Waals surface area contributed by atoms with Gasteiger partial charge in [0.25, 0.3) is 0 Å². The molecule has 2 rings (SSSR count). The van der Waals surface area contributed by atoms with E-state index < -0.39 is 0 Å².